The minimum absolute atomic E-state index is 0.0591. The van der Waals surface area contributed by atoms with Crippen LogP contribution in [0.4, 0.5) is 5.69 Å². The minimum atomic E-state index is -2.44. The Hall–Kier alpha value is -0.620. The van der Waals surface area contributed by atoms with Crippen LogP contribution in [0.3, 0.4) is 0 Å². The van der Waals surface area contributed by atoms with Gasteiger partial charge in [-0.3, -0.25) is 9.00 Å². The van der Waals surface area contributed by atoms with Gasteiger partial charge in [0.25, 0.3) is 5.24 Å². The summed E-state index contributed by atoms with van der Waals surface area (Å²) >= 11 is 8.41. The van der Waals surface area contributed by atoms with E-state index in [0.717, 1.165) is 0 Å². The molecule has 76 valence electrons. The third kappa shape index (κ3) is 2.95. The Morgan fingerprint density at radius 3 is 2.64 bits per heavy atom. The third-order valence-electron chi connectivity index (χ3n) is 1.38. The molecule has 1 aromatic carbocycles. The molecule has 0 aliphatic heterocycles. The zero-order valence-electron chi connectivity index (χ0n) is 6.62. The molecule has 0 aliphatic carbocycles. The Morgan fingerprint density at radius 1 is 1.50 bits per heavy atom. The van der Waals surface area contributed by atoms with E-state index in [1.54, 1.807) is 0 Å². The summed E-state index contributed by atoms with van der Waals surface area (Å²) in [7, 11) is 0. The highest BCUT2D eigenvalue weighted by molar-refractivity contribution is 7.80. The summed E-state index contributed by atoms with van der Waals surface area (Å²) in [6.45, 7) is 0. The van der Waals surface area contributed by atoms with Crippen LogP contribution in [0.5, 0.6) is 0 Å². The van der Waals surface area contributed by atoms with Crippen LogP contribution in [-0.2, 0) is 11.3 Å². The molecule has 1 rings (SSSR count). The standard InChI is InChI=1S/C7H5Cl2NO3S/c8-6-2-1-4(10-14(12)13)3-5(6)7(9)11/h1-3,10H,(H,12,13)/p-1. The second-order valence-electron chi connectivity index (χ2n) is 2.31. The molecule has 0 saturated heterocycles. The monoisotopic (exact) mass is 252 g/mol. The Balaban J connectivity index is 3.06. The molecule has 1 atom stereocenters. The van der Waals surface area contributed by atoms with E-state index in [2.05, 4.69) is 4.72 Å². The van der Waals surface area contributed by atoms with E-state index < -0.39 is 16.5 Å². The highest BCUT2D eigenvalue weighted by atomic mass is 35.5. The van der Waals surface area contributed by atoms with Crippen LogP contribution in [-0.4, -0.2) is 14.0 Å². The Bertz CT molecular complexity index is 397. The van der Waals surface area contributed by atoms with E-state index in [9.17, 15) is 13.6 Å². The molecule has 14 heavy (non-hydrogen) atoms. The summed E-state index contributed by atoms with van der Waals surface area (Å²) in [6, 6.07) is 4.06. The topological polar surface area (TPSA) is 69.2 Å². The van der Waals surface area contributed by atoms with Crippen molar-refractivity contribution < 1.29 is 13.6 Å². The molecule has 0 bridgehead atoms. The van der Waals surface area contributed by atoms with Crippen molar-refractivity contribution in [2.45, 2.75) is 0 Å². The molecule has 0 fully saturated rings. The minimum Gasteiger partial charge on any atom is -0.755 e. The van der Waals surface area contributed by atoms with Crippen LogP contribution < -0.4 is 4.72 Å². The maximum absolute atomic E-state index is 10.8. The summed E-state index contributed by atoms with van der Waals surface area (Å²) < 4.78 is 22.6. The molecule has 0 amide bonds. The fraction of sp³-hybridized carbons (Fsp3) is 0. The SMILES string of the molecule is O=C(Cl)c1cc(NS(=O)[O-])ccc1Cl. The maximum Gasteiger partial charge on any atom is 0.253 e. The van der Waals surface area contributed by atoms with E-state index in [0.29, 0.717) is 0 Å². The summed E-state index contributed by atoms with van der Waals surface area (Å²) in [4.78, 5) is 10.8. The summed E-state index contributed by atoms with van der Waals surface area (Å²) in [6.07, 6.45) is 0. The van der Waals surface area contributed by atoms with E-state index >= 15 is 0 Å². The predicted octanol–water partition coefficient (Wildman–Crippen LogP) is 1.93. The lowest BCUT2D eigenvalue weighted by molar-refractivity contribution is 0.108. The van der Waals surface area contributed by atoms with Crippen molar-refractivity contribution in [3.8, 4) is 0 Å². The first kappa shape index (κ1) is 11.5. The van der Waals surface area contributed by atoms with Gasteiger partial charge in [-0.2, -0.15) is 0 Å². The second kappa shape index (κ2) is 4.75. The zero-order valence-corrected chi connectivity index (χ0v) is 8.95. The van der Waals surface area contributed by atoms with Crippen LogP contribution in [0, 0.1) is 0 Å². The first-order chi connectivity index (χ1) is 6.50. The number of benzene rings is 1. The number of carbonyl (C=O) groups is 1. The quantitative estimate of drug-likeness (QED) is 0.660. The lowest BCUT2D eigenvalue weighted by Crippen LogP contribution is -2.03. The molecule has 4 nitrogen and oxygen atoms in total. The van der Waals surface area contributed by atoms with Gasteiger partial charge >= 0.3 is 0 Å². The average molecular weight is 253 g/mol. The number of hydrogen-bond acceptors (Lipinski definition) is 3. The van der Waals surface area contributed by atoms with Gasteiger partial charge in [0, 0.05) is 17.0 Å². The first-order valence-corrected chi connectivity index (χ1v) is 5.19. The lowest BCUT2D eigenvalue weighted by Gasteiger charge is -2.09. The van der Waals surface area contributed by atoms with E-state index in [4.69, 9.17) is 23.2 Å². The van der Waals surface area contributed by atoms with Gasteiger partial charge < -0.3 is 9.27 Å². The van der Waals surface area contributed by atoms with Gasteiger partial charge in [0.15, 0.2) is 0 Å². The van der Waals surface area contributed by atoms with Gasteiger partial charge in [0.2, 0.25) is 0 Å². The van der Waals surface area contributed by atoms with Crippen LogP contribution >= 0.6 is 23.2 Å². The molecule has 1 N–H and O–H groups in total. The van der Waals surface area contributed by atoms with Crippen molar-refractivity contribution in [3.63, 3.8) is 0 Å². The molecular weight excluding hydrogens is 249 g/mol. The normalized spacial score (nSPS) is 12.2. The Morgan fingerprint density at radius 2 is 2.14 bits per heavy atom. The molecule has 0 aliphatic rings. The van der Waals surface area contributed by atoms with Gasteiger partial charge in [-0.1, -0.05) is 11.6 Å². The second-order valence-corrected chi connectivity index (χ2v) is 3.73. The maximum atomic E-state index is 10.8. The van der Waals surface area contributed by atoms with Crippen molar-refractivity contribution in [1.29, 1.82) is 0 Å². The molecule has 0 aromatic heterocycles. The summed E-state index contributed by atoms with van der Waals surface area (Å²) in [5, 5.41) is -0.567. The van der Waals surface area contributed by atoms with Crippen LogP contribution in [0.1, 0.15) is 10.4 Å². The smallest absolute Gasteiger partial charge is 0.253 e. The van der Waals surface area contributed by atoms with E-state index in [1.807, 2.05) is 0 Å². The van der Waals surface area contributed by atoms with E-state index in [1.165, 1.54) is 18.2 Å². The van der Waals surface area contributed by atoms with Crippen LogP contribution in [0.15, 0.2) is 18.2 Å². The van der Waals surface area contributed by atoms with Gasteiger partial charge in [-0.15, -0.1) is 0 Å². The van der Waals surface area contributed by atoms with Gasteiger partial charge in [-0.05, 0) is 29.8 Å². The Labute approximate surface area is 92.6 Å². The number of hydrogen-bond donors (Lipinski definition) is 1. The first-order valence-electron chi connectivity index (χ1n) is 3.36. The number of carbonyl (C=O) groups excluding carboxylic acids is 1. The third-order valence-corrected chi connectivity index (χ3v) is 2.31. The van der Waals surface area contributed by atoms with Crippen molar-refractivity contribution in [2.75, 3.05) is 4.72 Å². The van der Waals surface area contributed by atoms with E-state index in [-0.39, 0.29) is 16.3 Å². The average Bonchev–Trinajstić information content (AvgIpc) is 2.07. The summed E-state index contributed by atoms with van der Waals surface area (Å²) in [5.41, 5.74) is 0.288. The Kier molecular flexibility index (Phi) is 3.88. The molecule has 0 radical (unpaired) electrons. The highest BCUT2D eigenvalue weighted by Crippen LogP contribution is 2.22. The van der Waals surface area contributed by atoms with Crippen molar-refractivity contribution in [1.82, 2.24) is 0 Å². The van der Waals surface area contributed by atoms with Gasteiger partial charge in [-0.25, -0.2) is 0 Å². The number of anilines is 1. The zero-order chi connectivity index (χ0) is 10.7. The number of halogens is 2. The van der Waals surface area contributed by atoms with Crippen LogP contribution in [0.2, 0.25) is 5.02 Å². The molecule has 0 saturated carbocycles. The number of nitrogens with one attached hydrogen (secondary N) is 1. The largest absolute Gasteiger partial charge is 0.755 e. The summed E-state index contributed by atoms with van der Waals surface area (Å²) in [5.74, 6) is 0. The predicted molar refractivity (Wildman–Crippen MR) is 54.2 cm³/mol. The highest BCUT2D eigenvalue weighted by Gasteiger charge is 2.08. The molecule has 1 aromatic rings. The van der Waals surface area contributed by atoms with Gasteiger partial charge in [0.1, 0.15) is 0 Å². The number of rotatable bonds is 3. The lowest BCUT2D eigenvalue weighted by atomic mass is 10.2. The van der Waals surface area contributed by atoms with Crippen molar-refractivity contribution in [2.24, 2.45) is 0 Å². The molecular formula is C7H4Cl2NO3S-. The van der Waals surface area contributed by atoms with Crippen LogP contribution in [0.25, 0.3) is 0 Å². The molecule has 7 heteroatoms. The fourth-order valence-electron chi connectivity index (χ4n) is 0.836. The molecule has 0 heterocycles. The molecule has 1 unspecified atom stereocenters. The van der Waals surface area contributed by atoms with Gasteiger partial charge in [0.05, 0.1) is 10.6 Å². The van der Waals surface area contributed by atoms with Crippen molar-refractivity contribution in [3.05, 3.63) is 28.8 Å². The fourth-order valence-corrected chi connectivity index (χ4v) is 1.56. The molecule has 0 spiro atoms. The van der Waals surface area contributed by atoms with Crippen molar-refractivity contribution >= 4 is 45.4 Å².